The Hall–Kier alpha value is -2.30. The predicted molar refractivity (Wildman–Crippen MR) is 95.2 cm³/mol. The van der Waals surface area contributed by atoms with Crippen LogP contribution in [-0.2, 0) is 6.42 Å². The van der Waals surface area contributed by atoms with E-state index in [9.17, 15) is 4.79 Å². The van der Waals surface area contributed by atoms with Crippen LogP contribution in [-0.4, -0.2) is 22.4 Å². The topological polar surface area (TPSA) is 59.0 Å². The molecule has 0 saturated heterocycles. The summed E-state index contributed by atoms with van der Waals surface area (Å²) in [6.07, 6.45) is 4.70. The summed E-state index contributed by atoms with van der Waals surface area (Å²) < 4.78 is 2.01. The fourth-order valence-electron chi connectivity index (χ4n) is 3.41. The lowest BCUT2D eigenvalue weighted by atomic mass is 9.74. The molecule has 2 aromatic rings. The lowest BCUT2D eigenvalue weighted by Gasteiger charge is -2.36. The van der Waals surface area contributed by atoms with Crippen LogP contribution in [0.2, 0.25) is 0 Å². The van der Waals surface area contributed by atoms with Gasteiger partial charge in [0, 0.05) is 12.1 Å². The van der Waals surface area contributed by atoms with Crippen LogP contribution in [0.1, 0.15) is 50.9 Å². The van der Waals surface area contributed by atoms with Crippen LogP contribution in [0.15, 0.2) is 36.5 Å². The number of nitrogens with zero attached hydrogens (tertiary/aromatic N) is 2. The molecule has 0 fully saturated rings. The molecule has 1 aromatic heterocycles. The normalized spacial score (nSPS) is 18.7. The number of para-hydroxylation sites is 1. The van der Waals surface area contributed by atoms with E-state index in [1.807, 2.05) is 36.0 Å². The minimum Gasteiger partial charge on any atom is -0.338 e. The van der Waals surface area contributed by atoms with Crippen molar-refractivity contribution in [3.63, 3.8) is 0 Å². The van der Waals surface area contributed by atoms with E-state index in [4.69, 9.17) is 0 Å². The van der Waals surface area contributed by atoms with Crippen molar-refractivity contribution in [2.75, 3.05) is 6.54 Å². The molecule has 0 aliphatic heterocycles. The Morgan fingerprint density at radius 1 is 1.33 bits per heavy atom. The number of nitrogens with one attached hydrogen (secondary N) is 2. The number of carbonyl (C=O) groups is 1. The molecule has 1 aromatic carbocycles. The van der Waals surface area contributed by atoms with Gasteiger partial charge in [-0.3, -0.25) is 0 Å². The van der Waals surface area contributed by atoms with Crippen LogP contribution in [0.5, 0.6) is 0 Å². The second-order valence-electron chi connectivity index (χ2n) is 7.29. The SMILES string of the molecule is CCCNC(=O)N[C@@H]1CC(C)(C)Cc2c1cnn2-c1ccccc1. The van der Waals surface area contributed by atoms with Gasteiger partial charge < -0.3 is 10.6 Å². The van der Waals surface area contributed by atoms with Crippen molar-refractivity contribution in [2.24, 2.45) is 5.41 Å². The molecular formula is C19H26N4O. The van der Waals surface area contributed by atoms with Gasteiger partial charge in [0.25, 0.3) is 0 Å². The predicted octanol–water partition coefficient (Wildman–Crippen LogP) is 3.60. The Balaban J connectivity index is 1.90. The van der Waals surface area contributed by atoms with Crippen molar-refractivity contribution < 1.29 is 4.79 Å². The van der Waals surface area contributed by atoms with Gasteiger partial charge in [0.1, 0.15) is 0 Å². The first-order chi connectivity index (χ1) is 11.5. The third-order valence-electron chi connectivity index (χ3n) is 4.52. The van der Waals surface area contributed by atoms with E-state index in [0.29, 0.717) is 6.54 Å². The summed E-state index contributed by atoms with van der Waals surface area (Å²) in [4.78, 5) is 12.1. The fourth-order valence-corrected chi connectivity index (χ4v) is 3.41. The van der Waals surface area contributed by atoms with Gasteiger partial charge in [0.05, 0.1) is 23.6 Å². The first-order valence-corrected chi connectivity index (χ1v) is 8.67. The minimum absolute atomic E-state index is 0.00179. The van der Waals surface area contributed by atoms with Gasteiger partial charge in [-0.1, -0.05) is 39.0 Å². The fraction of sp³-hybridized carbons (Fsp3) is 0.474. The zero-order valence-corrected chi connectivity index (χ0v) is 14.7. The average Bonchev–Trinajstić information content (AvgIpc) is 2.96. The number of urea groups is 1. The summed E-state index contributed by atoms with van der Waals surface area (Å²) in [6, 6.07) is 10.1. The number of aromatic nitrogens is 2. The second-order valence-corrected chi connectivity index (χ2v) is 7.29. The van der Waals surface area contributed by atoms with Gasteiger partial charge in [0.2, 0.25) is 0 Å². The molecule has 0 radical (unpaired) electrons. The highest BCUT2D eigenvalue weighted by atomic mass is 16.2. The maximum atomic E-state index is 12.1. The zero-order valence-electron chi connectivity index (χ0n) is 14.7. The number of rotatable bonds is 4. The number of benzene rings is 1. The molecule has 5 nitrogen and oxygen atoms in total. The van der Waals surface area contributed by atoms with Crippen molar-refractivity contribution in [3.8, 4) is 5.69 Å². The highest BCUT2D eigenvalue weighted by molar-refractivity contribution is 5.74. The van der Waals surface area contributed by atoms with E-state index in [1.165, 1.54) is 5.69 Å². The third kappa shape index (κ3) is 3.45. The van der Waals surface area contributed by atoms with Gasteiger partial charge in [0.15, 0.2) is 0 Å². The zero-order chi connectivity index (χ0) is 17.2. The second kappa shape index (κ2) is 6.67. The number of fused-ring (bicyclic) bond motifs is 1. The Morgan fingerprint density at radius 2 is 2.08 bits per heavy atom. The summed E-state index contributed by atoms with van der Waals surface area (Å²) in [5.41, 5.74) is 3.50. The monoisotopic (exact) mass is 326 g/mol. The molecule has 3 rings (SSSR count). The van der Waals surface area contributed by atoms with Crippen molar-refractivity contribution in [3.05, 3.63) is 47.8 Å². The molecule has 0 bridgehead atoms. The number of amides is 2. The molecule has 1 aliphatic carbocycles. The van der Waals surface area contributed by atoms with Gasteiger partial charge in [-0.2, -0.15) is 5.10 Å². The first-order valence-electron chi connectivity index (χ1n) is 8.67. The van der Waals surface area contributed by atoms with Crippen LogP contribution in [0, 0.1) is 5.41 Å². The van der Waals surface area contributed by atoms with E-state index in [-0.39, 0.29) is 17.5 Å². The largest absolute Gasteiger partial charge is 0.338 e. The molecular weight excluding hydrogens is 300 g/mol. The van der Waals surface area contributed by atoms with E-state index in [1.54, 1.807) is 0 Å². The molecule has 0 saturated carbocycles. The first kappa shape index (κ1) is 16.6. The number of carbonyl (C=O) groups excluding carboxylic acids is 1. The molecule has 128 valence electrons. The van der Waals surface area contributed by atoms with Crippen LogP contribution in [0.25, 0.3) is 5.69 Å². The molecule has 1 heterocycles. The van der Waals surface area contributed by atoms with Gasteiger partial charge in [-0.15, -0.1) is 0 Å². The highest BCUT2D eigenvalue weighted by Crippen LogP contribution is 2.41. The maximum absolute atomic E-state index is 12.1. The van der Waals surface area contributed by atoms with Gasteiger partial charge in [-0.05, 0) is 36.8 Å². The maximum Gasteiger partial charge on any atom is 0.315 e. The summed E-state index contributed by atoms with van der Waals surface area (Å²) in [7, 11) is 0. The van der Waals surface area contributed by atoms with E-state index in [2.05, 4.69) is 41.7 Å². The van der Waals surface area contributed by atoms with Crippen molar-refractivity contribution >= 4 is 6.03 Å². The highest BCUT2D eigenvalue weighted by Gasteiger charge is 2.35. The summed E-state index contributed by atoms with van der Waals surface area (Å²) in [5.74, 6) is 0. The molecule has 1 aliphatic rings. The summed E-state index contributed by atoms with van der Waals surface area (Å²) in [5, 5.41) is 10.6. The Morgan fingerprint density at radius 3 is 2.79 bits per heavy atom. The Labute approximate surface area is 143 Å². The molecule has 2 amide bonds. The van der Waals surface area contributed by atoms with Crippen LogP contribution in [0.3, 0.4) is 0 Å². The summed E-state index contributed by atoms with van der Waals surface area (Å²) in [6.45, 7) is 7.23. The lowest BCUT2D eigenvalue weighted by molar-refractivity contribution is 0.221. The molecule has 0 unspecified atom stereocenters. The smallest absolute Gasteiger partial charge is 0.315 e. The lowest BCUT2D eigenvalue weighted by Crippen LogP contribution is -2.42. The Kier molecular flexibility index (Phi) is 4.60. The van der Waals surface area contributed by atoms with E-state index >= 15 is 0 Å². The van der Waals surface area contributed by atoms with Crippen LogP contribution >= 0.6 is 0 Å². The van der Waals surface area contributed by atoms with Gasteiger partial charge in [-0.25, -0.2) is 9.48 Å². The average molecular weight is 326 g/mol. The van der Waals surface area contributed by atoms with E-state index < -0.39 is 0 Å². The molecule has 0 spiro atoms. The number of hydrogen-bond donors (Lipinski definition) is 2. The third-order valence-corrected chi connectivity index (χ3v) is 4.52. The molecule has 2 N–H and O–H groups in total. The quantitative estimate of drug-likeness (QED) is 0.902. The van der Waals surface area contributed by atoms with Crippen molar-refractivity contribution in [1.82, 2.24) is 20.4 Å². The molecule has 5 heteroatoms. The molecule has 1 atom stereocenters. The molecule has 24 heavy (non-hydrogen) atoms. The van der Waals surface area contributed by atoms with Gasteiger partial charge >= 0.3 is 6.03 Å². The van der Waals surface area contributed by atoms with Crippen LogP contribution in [0.4, 0.5) is 4.79 Å². The summed E-state index contributed by atoms with van der Waals surface area (Å²) >= 11 is 0. The minimum atomic E-state index is -0.0991. The van der Waals surface area contributed by atoms with Crippen LogP contribution < -0.4 is 10.6 Å². The Bertz CT molecular complexity index is 705. The van der Waals surface area contributed by atoms with E-state index in [0.717, 1.165) is 30.5 Å². The van der Waals surface area contributed by atoms with Crippen molar-refractivity contribution in [2.45, 2.75) is 46.1 Å². The number of hydrogen-bond acceptors (Lipinski definition) is 2. The van der Waals surface area contributed by atoms with Crippen molar-refractivity contribution in [1.29, 1.82) is 0 Å². The standard InChI is InChI=1S/C19H26N4O/c1-4-10-20-18(24)22-16-11-19(2,3)12-17-15(16)13-21-23(17)14-8-6-5-7-9-14/h5-9,13,16H,4,10-12H2,1-3H3,(H2,20,22,24)/t16-/m1/s1.